The molecule has 0 saturated carbocycles. The molecule has 192 valence electrons. The molecule has 6 N–H and O–H groups in total. The maximum Gasteiger partial charge on any atom is 0.336 e. The molecule has 1 aromatic carbocycles. The number of hydrogen-bond acceptors (Lipinski definition) is 7. The number of aryl methyl sites for hydroxylation is 1. The van der Waals surface area contributed by atoms with E-state index >= 15 is 0 Å². The summed E-state index contributed by atoms with van der Waals surface area (Å²) < 4.78 is 5.26. The SMILES string of the molecule is Cc1cc(=O)oc2cc(NC(=O)[C@H](CCCCN)NC(=O)[C@@H](CC(=O)[C@H](C)N)CC(C)C)ccc12. The molecular formula is C26H38N4O5. The van der Waals surface area contributed by atoms with Crippen molar-refractivity contribution in [1.82, 2.24) is 5.32 Å². The van der Waals surface area contributed by atoms with E-state index in [-0.39, 0.29) is 24.0 Å². The second kappa shape index (κ2) is 13.2. The first-order chi connectivity index (χ1) is 16.5. The Balaban J connectivity index is 2.21. The van der Waals surface area contributed by atoms with E-state index in [1.54, 1.807) is 25.1 Å². The number of anilines is 1. The fourth-order valence-electron chi connectivity index (χ4n) is 3.96. The zero-order valence-electron chi connectivity index (χ0n) is 21.1. The fourth-order valence-corrected chi connectivity index (χ4v) is 3.96. The summed E-state index contributed by atoms with van der Waals surface area (Å²) in [7, 11) is 0. The standard InChI is InChI=1S/C26H38N4O5/c1-15(2)11-18(13-22(31)17(4)28)25(33)30-21(7-5-6-10-27)26(34)29-19-8-9-20-16(3)12-24(32)35-23(20)14-19/h8-9,12,14-15,17-18,21H,5-7,10-11,13,27-28H2,1-4H3,(H,29,34)(H,30,33)/t17-,18+,21-/m0/s1. The van der Waals surface area contributed by atoms with Gasteiger partial charge >= 0.3 is 5.63 Å². The molecule has 9 nitrogen and oxygen atoms in total. The molecule has 0 unspecified atom stereocenters. The third kappa shape index (κ3) is 8.60. The number of amides is 2. The molecule has 0 aliphatic rings. The van der Waals surface area contributed by atoms with Gasteiger partial charge in [0.2, 0.25) is 11.8 Å². The van der Waals surface area contributed by atoms with Crippen LogP contribution in [0.1, 0.15) is 58.4 Å². The largest absolute Gasteiger partial charge is 0.423 e. The minimum Gasteiger partial charge on any atom is -0.423 e. The number of nitrogens with one attached hydrogen (secondary N) is 2. The minimum absolute atomic E-state index is 0.0296. The van der Waals surface area contributed by atoms with Crippen molar-refractivity contribution in [2.24, 2.45) is 23.3 Å². The van der Waals surface area contributed by atoms with Crippen LogP contribution >= 0.6 is 0 Å². The van der Waals surface area contributed by atoms with Crippen LogP contribution in [0, 0.1) is 18.8 Å². The number of fused-ring (bicyclic) bond motifs is 1. The molecule has 0 spiro atoms. The number of Topliss-reactive ketones (excluding diaryl/α,β-unsaturated/α-hetero) is 1. The van der Waals surface area contributed by atoms with Gasteiger partial charge in [0.05, 0.1) is 6.04 Å². The third-order valence-electron chi connectivity index (χ3n) is 5.88. The Hall–Kier alpha value is -3.04. The van der Waals surface area contributed by atoms with Crippen molar-refractivity contribution < 1.29 is 18.8 Å². The molecule has 2 amide bonds. The average Bonchev–Trinajstić information content (AvgIpc) is 2.77. The van der Waals surface area contributed by atoms with Gasteiger partial charge in [0.15, 0.2) is 0 Å². The lowest BCUT2D eigenvalue weighted by molar-refractivity contribution is -0.132. The summed E-state index contributed by atoms with van der Waals surface area (Å²) in [6.07, 6.45) is 2.28. The molecule has 2 rings (SSSR count). The molecule has 0 saturated heterocycles. The lowest BCUT2D eigenvalue weighted by Crippen LogP contribution is -2.47. The summed E-state index contributed by atoms with van der Waals surface area (Å²) in [5.41, 5.74) is 12.4. The zero-order chi connectivity index (χ0) is 26.1. The highest BCUT2D eigenvalue weighted by atomic mass is 16.4. The van der Waals surface area contributed by atoms with Gasteiger partial charge in [-0.3, -0.25) is 14.4 Å². The Labute approximate surface area is 206 Å². The Morgan fingerprint density at radius 3 is 2.40 bits per heavy atom. The van der Waals surface area contributed by atoms with Gasteiger partial charge in [0.1, 0.15) is 17.4 Å². The maximum absolute atomic E-state index is 13.2. The predicted octanol–water partition coefficient (Wildman–Crippen LogP) is 2.62. The number of carbonyl (C=O) groups is 3. The Bertz CT molecular complexity index is 1090. The van der Waals surface area contributed by atoms with Crippen molar-refractivity contribution in [2.75, 3.05) is 11.9 Å². The molecule has 9 heteroatoms. The maximum atomic E-state index is 13.2. The predicted molar refractivity (Wildman–Crippen MR) is 137 cm³/mol. The van der Waals surface area contributed by atoms with Crippen LogP contribution in [0.25, 0.3) is 11.0 Å². The summed E-state index contributed by atoms with van der Waals surface area (Å²) in [6.45, 7) is 7.83. The highest BCUT2D eigenvalue weighted by Crippen LogP contribution is 2.22. The Morgan fingerprint density at radius 1 is 1.06 bits per heavy atom. The Kier molecular flexibility index (Phi) is 10.6. The monoisotopic (exact) mass is 486 g/mol. The number of ketones is 1. The van der Waals surface area contributed by atoms with Crippen LogP contribution in [0.5, 0.6) is 0 Å². The van der Waals surface area contributed by atoms with Crippen LogP contribution in [0.2, 0.25) is 0 Å². The molecule has 3 atom stereocenters. The van der Waals surface area contributed by atoms with E-state index in [1.165, 1.54) is 6.07 Å². The second-order valence-electron chi connectivity index (χ2n) is 9.58. The van der Waals surface area contributed by atoms with Crippen LogP contribution in [0.15, 0.2) is 33.5 Å². The van der Waals surface area contributed by atoms with Gasteiger partial charge in [-0.25, -0.2) is 4.79 Å². The molecular weight excluding hydrogens is 448 g/mol. The van der Waals surface area contributed by atoms with Crippen molar-refractivity contribution in [1.29, 1.82) is 0 Å². The summed E-state index contributed by atoms with van der Waals surface area (Å²) in [5.74, 6) is -1.32. The molecule has 0 fully saturated rings. The highest BCUT2D eigenvalue weighted by Gasteiger charge is 2.28. The number of carbonyl (C=O) groups excluding carboxylic acids is 3. The van der Waals surface area contributed by atoms with Gasteiger partial charge in [0.25, 0.3) is 0 Å². The molecule has 35 heavy (non-hydrogen) atoms. The van der Waals surface area contributed by atoms with Crippen LogP contribution in [0.4, 0.5) is 5.69 Å². The van der Waals surface area contributed by atoms with Gasteiger partial charge in [-0.1, -0.05) is 13.8 Å². The highest BCUT2D eigenvalue weighted by molar-refractivity contribution is 5.99. The van der Waals surface area contributed by atoms with Gasteiger partial charge in [-0.2, -0.15) is 0 Å². The summed E-state index contributed by atoms with van der Waals surface area (Å²) in [4.78, 5) is 50.2. The minimum atomic E-state index is -0.811. The average molecular weight is 487 g/mol. The topological polar surface area (TPSA) is 158 Å². The third-order valence-corrected chi connectivity index (χ3v) is 5.88. The van der Waals surface area contributed by atoms with Crippen LogP contribution in [-0.2, 0) is 14.4 Å². The number of benzene rings is 1. The van der Waals surface area contributed by atoms with Gasteiger partial charge in [-0.15, -0.1) is 0 Å². The summed E-state index contributed by atoms with van der Waals surface area (Å²) in [6, 6.07) is 5.02. The normalized spacial score (nSPS) is 13.9. The first-order valence-corrected chi connectivity index (χ1v) is 12.2. The molecule has 1 heterocycles. The molecule has 0 bridgehead atoms. The van der Waals surface area contributed by atoms with Gasteiger partial charge in [-0.05, 0) is 69.7 Å². The lowest BCUT2D eigenvalue weighted by Gasteiger charge is -2.23. The van der Waals surface area contributed by atoms with E-state index in [4.69, 9.17) is 15.9 Å². The summed E-state index contributed by atoms with van der Waals surface area (Å²) >= 11 is 0. The van der Waals surface area contributed by atoms with E-state index in [0.29, 0.717) is 43.5 Å². The smallest absolute Gasteiger partial charge is 0.336 e. The van der Waals surface area contributed by atoms with E-state index in [1.807, 2.05) is 20.8 Å². The molecule has 2 aromatic rings. The van der Waals surface area contributed by atoms with Crippen molar-refractivity contribution in [3.05, 3.63) is 40.2 Å². The van der Waals surface area contributed by atoms with Crippen molar-refractivity contribution in [2.45, 2.75) is 71.9 Å². The molecule has 0 radical (unpaired) electrons. The van der Waals surface area contributed by atoms with Gasteiger partial charge in [0, 0.05) is 35.5 Å². The second-order valence-corrected chi connectivity index (χ2v) is 9.58. The zero-order valence-corrected chi connectivity index (χ0v) is 21.1. The molecule has 1 aromatic heterocycles. The molecule has 0 aliphatic heterocycles. The van der Waals surface area contributed by atoms with Gasteiger partial charge < -0.3 is 26.5 Å². The van der Waals surface area contributed by atoms with E-state index in [9.17, 15) is 19.2 Å². The lowest BCUT2D eigenvalue weighted by atomic mass is 9.90. The quantitative estimate of drug-likeness (QED) is 0.250. The molecule has 0 aliphatic carbocycles. The van der Waals surface area contributed by atoms with Crippen molar-refractivity contribution >= 4 is 34.3 Å². The van der Waals surface area contributed by atoms with E-state index < -0.39 is 29.5 Å². The first kappa shape index (κ1) is 28.2. The van der Waals surface area contributed by atoms with Crippen LogP contribution in [0.3, 0.4) is 0 Å². The number of hydrogen-bond donors (Lipinski definition) is 4. The number of rotatable bonds is 13. The van der Waals surface area contributed by atoms with Crippen molar-refractivity contribution in [3.63, 3.8) is 0 Å². The first-order valence-electron chi connectivity index (χ1n) is 12.2. The summed E-state index contributed by atoms with van der Waals surface area (Å²) in [5, 5.41) is 6.42. The Morgan fingerprint density at radius 2 is 1.77 bits per heavy atom. The van der Waals surface area contributed by atoms with Crippen molar-refractivity contribution in [3.8, 4) is 0 Å². The number of unbranched alkanes of at least 4 members (excludes halogenated alkanes) is 1. The number of nitrogens with two attached hydrogens (primary N) is 2. The van der Waals surface area contributed by atoms with E-state index in [0.717, 1.165) is 10.9 Å². The van der Waals surface area contributed by atoms with Crippen LogP contribution in [-0.4, -0.2) is 36.2 Å². The van der Waals surface area contributed by atoms with E-state index in [2.05, 4.69) is 10.6 Å². The fraction of sp³-hybridized carbons (Fsp3) is 0.538. The van der Waals surface area contributed by atoms with Crippen LogP contribution < -0.4 is 27.7 Å².